The molecule has 0 unspecified atom stereocenters. The monoisotopic (exact) mass is 310 g/mol. The highest BCUT2D eigenvalue weighted by atomic mass is 32.2. The minimum absolute atomic E-state index is 0.125. The molecule has 0 aromatic carbocycles. The molecule has 6 nitrogen and oxygen atoms in total. The van der Waals surface area contributed by atoms with E-state index in [9.17, 15) is 8.42 Å². The lowest BCUT2D eigenvalue weighted by Gasteiger charge is -2.16. The van der Waals surface area contributed by atoms with E-state index in [0.717, 1.165) is 50.3 Å². The van der Waals surface area contributed by atoms with Gasteiger partial charge in [0.05, 0.1) is 5.25 Å². The minimum Gasteiger partial charge on any atom is -0.299 e. The van der Waals surface area contributed by atoms with Crippen LogP contribution in [0.5, 0.6) is 0 Å². The molecule has 0 bridgehead atoms. The van der Waals surface area contributed by atoms with Crippen molar-refractivity contribution < 1.29 is 8.42 Å². The normalized spacial score (nSPS) is 23.6. The molecule has 1 N–H and O–H groups in total. The van der Waals surface area contributed by atoms with Crippen LogP contribution in [-0.4, -0.2) is 48.2 Å². The Bertz CT molecular complexity index is 583. The van der Waals surface area contributed by atoms with E-state index >= 15 is 0 Å². The summed E-state index contributed by atoms with van der Waals surface area (Å²) in [6, 6.07) is 0. The third kappa shape index (κ3) is 3.99. The Balaban J connectivity index is 1.45. The minimum atomic E-state index is -3.04. The maximum absolute atomic E-state index is 11.8. The number of aryl methyl sites for hydroxylation is 1. The third-order valence-corrected chi connectivity index (χ3v) is 6.07. The Kier molecular flexibility index (Phi) is 4.24. The molecule has 2 heterocycles. The van der Waals surface area contributed by atoms with Crippen LogP contribution in [0.15, 0.2) is 12.4 Å². The van der Waals surface area contributed by atoms with Gasteiger partial charge >= 0.3 is 0 Å². The summed E-state index contributed by atoms with van der Waals surface area (Å²) < 4.78 is 26.4. The van der Waals surface area contributed by atoms with E-state index in [2.05, 4.69) is 19.6 Å². The van der Waals surface area contributed by atoms with Gasteiger partial charge < -0.3 is 0 Å². The Labute approximate surface area is 126 Å². The second-order valence-electron chi connectivity index (χ2n) is 6.12. The van der Waals surface area contributed by atoms with Crippen molar-refractivity contribution in [1.82, 2.24) is 19.6 Å². The molecule has 1 saturated carbocycles. The molecule has 21 heavy (non-hydrogen) atoms. The molecule has 1 aliphatic heterocycles. The van der Waals surface area contributed by atoms with Gasteiger partial charge in [-0.2, -0.15) is 0 Å². The first-order valence-corrected chi connectivity index (χ1v) is 9.06. The van der Waals surface area contributed by atoms with Gasteiger partial charge in [-0.05, 0) is 38.6 Å². The summed E-state index contributed by atoms with van der Waals surface area (Å²) >= 11 is 0. The number of hydrogen-bond donors (Lipinski definition) is 1. The predicted octanol–water partition coefficient (Wildman–Crippen LogP) is 0.689. The van der Waals surface area contributed by atoms with E-state index in [4.69, 9.17) is 0 Å². The topological polar surface area (TPSA) is 75.2 Å². The van der Waals surface area contributed by atoms with E-state index in [1.54, 1.807) is 0 Å². The molecule has 1 aromatic rings. The number of aromatic nitrogens is 2. The summed E-state index contributed by atoms with van der Waals surface area (Å²) in [5.41, 5.74) is 1.11. The van der Waals surface area contributed by atoms with E-state index in [0.29, 0.717) is 12.5 Å². The molecular formula is C14H22N4O2S. The van der Waals surface area contributed by atoms with Crippen LogP contribution >= 0.6 is 0 Å². The number of nitrogens with one attached hydrogen (secondary N) is 1. The first-order chi connectivity index (χ1) is 10.0. The van der Waals surface area contributed by atoms with Gasteiger partial charge in [0.1, 0.15) is 5.82 Å². The highest BCUT2D eigenvalue weighted by Crippen LogP contribution is 2.27. The van der Waals surface area contributed by atoms with Gasteiger partial charge in [0, 0.05) is 37.6 Å². The predicted molar refractivity (Wildman–Crippen MR) is 80.1 cm³/mol. The Morgan fingerprint density at radius 3 is 2.67 bits per heavy atom. The van der Waals surface area contributed by atoms with Gasteiger partial charge in [-0.3, -0.25) is 4.90 Å². The number of hydrogen-bond acceptors (Lipinski definition) is 5. The largest absolute Gasteiger partial charge is 0.299 e. The molecule has 1 saturated heterocycles. The van der Waals surface area contributed by atoms with E-state index in [1.165, 1.54) is 0 Å². The van der Waals surface area contributed by atoms with E-state index in [-0.39, 0.29) is 5.25 Å². The summed E-state index contributed by atoms with van der Waals surface area (Å²) in [4.78, 5) is 10.7. The second kappa shape index (κ2) is 5.98. The quantitative estimate of drug-likeness (QED) is 0.836. The summed E-state index contributed by atoms with van der Waals surface area (Å²) in [6.07, 6.45) is 6.41. The zero-order valence-electron chi connectivity index (χ0n) is 12.3. The lowest BCUT2D eigenvalue weighted by molar-refractivity contribution is 0.316. The lowest BCUT2D eigenvalue weighted by Crippen LogP contribution is -2.33. The molecule has 0 amide bonds. The fraction of sp³-hybridized carbons (Fsp3) is 0.714. The third-order valence-electron chi connectivity index (χ3n) is 4.15. The molecule has 1 aliphatic carbocycles. The van der Waals surface area contributed by atoms with E-state index in [1.807, 2.05) is 19.3 Å². The van der Waals surface area contributed by atoms with Gasteiger partial charge in [-0.1, -0.05) is 0 Å². The Morgan fingerprint density at radius 1 is 1.29 bits per heavy atom. The van der Waals surface area contributed by atoms with Crippen molar-refractivity contribution in [2.75, 3.05) is 19.6 Å². The van der Waals surface area contributed by atoms with Crippen molar-refractivity contribution >= 4 is 10.0 Å². The molecular weight excluding hydrogens is 288 g/mol. The molecule has 0 spiro atoms. The van der Waals surface area contributed by atoms with E-state index < -0.39 is 10.0 Å². The van der Waals surface area contributed by atoms with Gasteiger partial charge in [-0.15, -0.1) is 0 Å². The Hall–Kier alpha value is -1.05. The summed E-state index contributed by atoms with van der Waals surface area (Å²) in [5, 5.41) is -0.125. The van der Waals surface area contributed by atoms with Crippen molar-refractivity contribution in [1.29, 1.82) is 0 Å². The van der Waals surface area contributed by atoms with Crippen LogP contribution < -0.4 is 4.72 Å². The van der Waals surface area contributed by atoms with Crippen molar-refractivity contribution in [3.05, 3.63) is 23.8 Å². The average molecular weight is 310 g/mol. The number of rotatable bonds is 6. The highest BCUT2D eigenvalue weighted by molar-refractivity contribution is 7.90. The average Bonchev–Trinajstić information content (AvgIpc) is 3.22. The van der Waals surface area contributed by atoms with Crippen molar-refractivity contribution in [3.8, 4) is 0 Å². The molecule has 0 radical (unpaired) electrons. The molecule has 1 aromatic heterocycles. The molecule has 2 fully saturated rings. The summed E-state index contributed by atoms with van der Waals surface area (Å²) in [7, 11) is -3.04. The van der Waals surface area contributed by atoms with Crippen LogP contribution in [0, 0.1) is 12.8 Å². The van der Waals surface area contributed by atoms with Gasteiger partial charge in [0.2, 0.25) is 10.0 Å². The van der Waals surface area contributed by atoms with Crippen LogP contribution in [0.25, 0.3) is 0 Å². The van der Waals surface area contributed by atoms with Crippen LogP contribution in [0.1, 0.15) is 30.7 Å². The summed E-state index contributed by atoms with van der Waals surface area (Å²) in [6.45, 7) is 5.22. The molecule has 7 heteroatoms. The number of sulfonamides is 1. The zero-order chi connectivity index (χ0) is 14.9. The van der Waals surface area contributed by atoms with Crippen LogP contribution in [0.4, 0.5) is 0 Å². The fourth-order valence-corrected chi connectivity index (χ4v) is 4.17. The number of likely N-dealkylation sites (tertiary alicyclic amines) is 1. The maximum atomic E-state index is 11.8. The molecule has 3 rings (SSSR count). The SMILES string of the molecule is Cc1ncc(CN2CC[C@@H](CNS(=O)(=O)C3CC3)C2)cn1. The lowest BCUT2D eigenvalue weighted by atomic mass is 10.1. The van der Waals surface area contributed by atoms with Gasteiger partial charge in [0.25, 0.3) is 0 Å². The fourth-order valence-electron chi connectivity index (χ4n) is 2.71. The maximum Gasteiger partial charge on any atom is 0.214 e. The standard InChI is InChI=1S/C14H22N4O2S/c1-11-15-6-13(7-16-11)10-18-5-4-12(9-18)8-17-21(19,20)14-2-3-14/h6-7,12,14,17H,2-5,8-10H2,1H3/t12-/m0/s1. The summed E-state index contributed by atoms with van der Waals surface area (Å²) in [5.74, 6) is 1.19. The number of nitrogens with zero attached hydrogens (tertiary/aromatic N) is 3. The second-order valence-corrected chi connectivity index (χ2v) is 8.17. The van der Waals surface area contributed by atoms with Crippen LogP contribution in [-0.2, 0) is 16.6 Å². The van der Waals surface area contributed by atoms with Crippen LogP contribution in [0.3, 0.4) is 0 Å². The first kappa shape index (κ1) is 14.9. The zero-order valence-corrected chi connectivity index (χ0v) is 13.1. The first-order valence-electron chi connectivity index (χ1n) is 7.51. The highest BCUT2D eigenvalue weighted by Gasteiger charge is 2.36. The molecule has 2 aliphatic rings. The van der Waals surface area contributed by atoms with Crippen molar-refractivity contribution in [3.63, 3.8) is 0 Å². The van der Waals surface area contributed by atoms with Gasteiger partial charge in [-0.25, -0.2) is 23.1 Å². The van der Waals surface area contributed by atoms with Gasteiger partial charge in [0.15, 0.2) is 0 Å². The van der Waals surface area contributed by atoms with Crippen molar-refractivity contribution in [2.45, 2.75) is 38.0 Å². The smallest absolute Gasteiger partial charge is 0.214 e. The molecule has 116 valence electrons. The Morgan fingerprint density at radius 2 is 2.00 bits per heavy atom. The van der Waals surface area contributed by atoms with Crippen molar-refractivity contribution in [2.24, 2.45) is 5.92 Å². The molecule has 1 atom stereocenters. The van der Waals surface area contributed by atoms with Crippen LogP contribution in [0.2, 0.25) is 0 Å².